The molecular weight excluding hydrogens is 452 g/mol. The third-order valence-corrected chi connectivity index (χ3v) is 7.45. The van der Waals surface area contributed by atoms with E-state index in [9.17, 15) is 18.0 Å². The Balaban J connectivity index is 2.29. The number of rotatable bonds is 14. The molecule has 2 rings (SSSR count). The Bertz CT molecular complexity index is 1030. The van der Waals surface area contributed by atoms with Gasteiger partial charge >= 0.3 is 0 Å². The van der Waals surface area contributed by atoms with Crippen molar-refractivity contribution in [3.05, 3.63) is 65.7 Å². The fourth-order valence-corrected chi connectivity index (χ4v) is 5.11. The number of nitrogens with zero attached hydrogens (tertiary/aromatic N) is 1. The summed E-state index contributed by atoms with van der Waals surface area (Å²) in [6, 6.07) is 15.3. The Labute approximate surface area is 202 Å². The lowest BCUT2D eigenvalue weighted by Gasteiger charge is -2.28. The average molecular weight is 489 g/mol. The molecule has 8 nitrogen and oxygen atoms in total. The molecule has 0 saturated heterocycles. The van der Waals surface area contributed by atoms with Gasteiger partial charge in [0, 0.05) is 18.5 Å². The minimum Gasteiger partial charge on any atom is -0.369 e. The summed E-state index contributed by atoms with van der Waals surface area (Å²) >= 11 is 0. The van der Waals surface area contributed by atoms with Crippen molar-refractivity contribution in [2.45, 2.75) is 50.5 Å². The van der Waals surface area contributed by atoms with Crippen molar-refractivity contribution in [3.63, 3.8) is 0 Å². The van der Waals surface area contributed by atoms with Gasteiger partial charge in [0.15, 0.2) is 0 Å². The van der Waals surface area contributed by atoms with Crippen LogP contribution < -0.4 is 16.8 Å². The molecule has 2 amide bonds. The van der Waals surface area contributed by atoms with Crippen LogP contribution in [0.5, 0.6) is 0 Å². The number of nitrogens with one attached hydrogen (secondary N) is 1. The zero-order valence-electron chi connectivity index (χ0n) is 19.9. The van der Waals surface area contributed by atoms with Crippen LogP contribution in [0.2, 0.25) is 0 Å². The molecule has 0 spiro atoms. The molecule has 2 aromatic carbocycles. The van der Waals surface area contributed by atoms with Gasteiger partial charge in [-0.2, -0.15) is 4.31 Å². The molecule has 34 heavy (non-hydrogen) atoms. The van der Waals surface area contributed by atoms with Crippen LogP contribution in [0.25, 0.3) is 0 Å². The minimum atomic E-state index is -4.01. The molecule has 0 fully saturated rings. The van der Waals surface area contributed by atoms with Gasteiger partial charge in [-0.3, -0.25) is 9.59 Å². The van der Waals surface area contributed by atoms with Gasteiger partial charge in [-0.1, -0.05) is 61.4 Å². The van der Waals surface area contributed by atoms with Crippen LogP contribution in [-0.4, -0.2) is 50.2 Å². The summed E-state index contributed by atoms with van der Waals surface area (Å²) in [5.74, 6) is -1.18. The maximum Gasteiger partial charge on any atom is 0.243 e. The van der Waals surface area contributed by atoms with Gasteiger partial charge in [-0.25, -0.2) is 8.42 Å². The van der Waals surface area contributed by atoms with E-state index >= 15 is 0 Å². The van der Waals surface area contributed by atoms with E-state index < -0.39 is 28.5 Å². The molecule has 0 aromatic heterocycles. The molecule has 5 N–H and O–H groups in total. The fraction of sp³-hybridized carbons (Fsp3) is 0.440. The number of aryl methyl sites for hydroxylation is 1. The Morgan fingerprint density at radius 2 is 1.68 bits per heavy atom. The van der Waals surface area contributed by atoms with Crippen LogP contribution in [-0.2, 0) is 26.0 Å². The number of hydrogen-bond donors (Lipinski definition) is 3. The number of hydrogen-bond acceptors (Lipinski definition) is 5. The van der Waals surface area contributed by atoms with Crippen molar-refractivity contribution < 1.29 is 18.0 Å². The van der Waals surface area contributed by atoms with Crippen LogP contribution in [0.15, 0.2) is 59.5 Å². The highest BCUT2D eigenvalue weighted by molar-refractivity contribution is 7.89. The van der Waals surface area contributed by atoms with Crippen LogP contribution >= 0.6 is 0 Å². The number of carbonyl (C=O) groups excluding carboxylic acids is 2. The largest absolute Gasteiger partial charge is 0.369 e. The zero-order valence-corrected chi connectivity index (χ0v) is 20.8. The fourth-order valence-electron chi connectivity index (χ4n) is 3.66. The highest BCUT2D eigenvalue weighted by Crippen LogP contribution is 2.18. The van der Waals surface area contributed by atoms with Crippen molar-refractivity contribution in [2.24, 2.45) is 17.4 Å². The van der Waals surface area contributed by atoms with E-state index in [0.717, 1.165) is 28.3 Å². The highest BCUT2D eigenvalue weighted by atomic mass is 32.2. The number of amides is 2. The third-order valence-electron chi connectivity index (χ3n) is 5.63. The van der Waals surface area contributed by atoms with Gasteiger partial charge in [0.25, 0.3) is 0 Å². The molecule has 186 valence electrons. The number of primary amides is 1. The SMILES string of the molecule is Cc1ccc(S(=O)(=O)N(CC(N)=O)CC(Cc2ccccc2)NC(=O)C(C)CCCCN)cc1. The van der Waals surface area contributed by atoms with Crippen molar-refractivity contribution in [2.75, 3.05) is 19.6 Å². The summed E-state index contributed by atoms with van der Waals surface area (Å²) < 4.78 is 27.8. The maximum atomic E-state index is 13.4. The second-order valence-electron chi connectivity index (χ2n) is 8.66. The van der Waals surface area contributed by atoms with Gasteiger partial charge in [-0.15, -0.1) is 0 Å². The van der Waals surface area contributed by atoms with Crippen molar-refractivity contribution in [1.29, 1.82) is 0 Å². The van der Waals surface area contributed by atoms with Gasteiger partial charge in [0.05, 0.1) is 11.4 Å². The van der Waals surface area contributed by atoms with E-state index in [1.54, 1.807) is 12.1 Å². The molecule has 0 saturated carbocycles. The predicted molar refractivity (Wildman–Crippen MR) is 133 cm³/mol. The number of sulfonamides is 1. The van der Waals surface area contributed by atoms with Crippen LogP contribution in [0.1, 0.15) is 37.3 Å². The molecule has 2 atom stereocenters. The first kappa shape index (κ1) is 27.5. The summed E-state index contributed by atoms with van der Waals surface area (Å²) in [5.41, 5.74) is 12.8. The topological polar surface area (TPSA) is 136 Å². The van der Waals surface area contributed by atoms with Gasteiger partial charge in [0.2, 0.25) is 21.8 Å². The van der Waals surface area contributed by atoms with Crippen molar-refractivity contribution in [3.8, 4) is 0 Å². The Morgan fingerprint density at radius 1 is 1.03 bits per heavy atom. The number of carbonyl (C=O) groups is 2. The molecular formula is C25H36N4O4S. The normalized spacial score (nSPS) is 13.4. The first-order valence-corrected chi connectivity index (χ1v) is 13.0. The summed E-state index contributed by atoms with van der Waals surface area (Å²) in [6.45, 7) is 3.70. The number of nitrogens with two attached hydrogens (primary N) is 2. The highest BCUT2D eigenvalue weighted by Gasteiger charge is 2.30. The van der Waals surface area contributed by atoms with Crippen LogP contribution in [0.4, 0.5) is 0 Å². The van der Waals surface area contributed by atoms with E-state index in [1.165, 1.54) is 12.1 Å². The van der Waals surface area contributed by atoms with Crippen molar-refractivity contribution in [1.82, 2.24) is 9.62 Å². The van der Waals surface area contributed by atoms with Crippen LogP contribution in [0, 0.1) is 12.8 Å². The molecule has 0 aliphatic heterocycles. The van der Waals surface area contributed by atoms with E-state index in [1.807, 2.05) is 44.2 Å². The molecule has 0 aliphatic rings. The number of unbranched alkanes of at least 4 members (excludes halogenated alkanes) is 1. The number of benzene rings is 2. The first-order chi connectivity index (χ1) is 16.1. The quantitative estimate of drug-likeness (QED) is 0.349. The van der Waals surface area contributed by atoms with E-state index in [2.05, 4.69) is 5.32 Å². The first-order valence-electron chi connectivity index (χ1n) is 11.5. The Kier molecular flexibility index (Phi) is 10.7. The molecule has 0 radical (unpaired) electrons. The van der Waals surface area contributed by atoms with E-state index in [-0.39, 0.29) is 23.3 Å². The average Bonchev–Trinajstić information content (AvgIpc) is 2.79. The van der Waals surface area contributed by atoms with Gasteiger partial charge in [0.1, 0.15) is 0 Å². The summed E-state index contributed by atoms with van der Waals surface area (Å²) in [4.78, 5) is 24.7. The summed E-state index contributed by atoms with van der Waals surface area (Å²) in [6.07, 6.45) is 2.77. The van der Waals surface area contributed by atoms with E-state index in [0.29, 0.717) is 19.4 Å². The van der Waals surface area contributed by atoms with Crippen LogP contribution in [0.3, 0.4) is 0 Å². The molecule has 9 heteroatoms. The second kappa shape index (κ2) is 13.2. The summed E-state index contributed by atoms with van der Waals surface area (Å²) in [7, 11) is -4.01. The second-order valence-corrected chi connectivity index (χ2v) is 10.6. The lowest BCUT2D eigenvalue weighted by molar-refractivity contribution is -0.125. The van der Waals surface area contributed by atoms with Gasteiger partial charge < -0.3 is 16.8 Å². The standard InChI is InChI=1S/C25H36N4O4S/c1-19-11-13-23(14-12-19)34(32,33)29(18-24(27)30)17-22(16-21-9-4-3-5-10-21)28-25(31)20(2)8-6-7-15-26/h3-5,9-14,20,22H,6-8,15-18,26H2,1-2H3,(H2,27,30)(H,28,31). The summed E-state index contributed by atoms with van der Waals surface area (Å²) in [5, 5.41) is 3.00. The molecule has 2 unspecified atom stereocenters. The lowest BCUT2D eigenvalue weighted by atomic mass is 10.0. The minimum absolute atomic E-state index is 0.0688. The molecule has 0 aliphatic carbocycles. The predicted octanol–water partition coefficient (Wildman–Crippen LogP) is 1.96. The zero-order chi connectivity index (χ0) is 25.1. The smallest absolute Gasteiger partial charge is 0.243 e. The lowest BCUT2D eigenvalue weighted by Crippen LogP contribution is -2.50. The van der Waals surface area contributed by atoms with Gasteiger partial charge in [-0.05, 0) is 50.4 Å². The van der Waals surface area contributed by atoms with Crippen molar-refractivity contribution >= 4 is 21.8 Å². The third kappa shape index (κ3) is 8.55. The monoisotopic (exact) mass is 488 g/mol. The van der Waals surface area contributed by atoms with E-state index in [4.69, 9.17) is 11.5 Å². The Morgan fingerprint density at radius 3 is 2.26 bits per heavy atom. The Hall–Kier alpha value is -2.75. The molecule has 0 bridgehead atoms. The molecule has 0 heterocycles. The maximum absolute atomic E-state index is 13.4. The molecule has 2 aromatic rings.